The summed E-state index contributed by atoms with van der Waals surface area (Å²) >= 11 is 0. The van der Waals surface area contributed by atoms with Crippen LogP contribution in [0.1, 0.15) is 61.4 Å². The zero-order valence-corrected chi connectivity index (χ0v) is 14.6. The Morgan fingerprint density at radius 2 is 1.83 bits per heavy atom. The van der Waals surface area contributed by atoms with Crippen LogP contribution in [0.2, 0.25) is 0 Å². The molecular weight excluding hydrogens is 280 g/mol. The van der Waals surface area contributed by atoms with Crippen molar-refractivity contribution in [3.8, 4) is 5.75 Å². The number of phenols is 1. The predicted octanol–water partition coefficient (Wildman–Crippen LogP) is 5.88. The Kier molecular flexibility index (Phi) is 4.06. The van der Waals surface area contributed by atoms with Gasteiger partial charge in [0.2, 0.25) is 0 Å². The van der Waals surface area contributed by atoms with Gasteiger partial charge in [0.15, 0.2) is 0 Å². The van der Waals surface area contributed by atoms with Gasteiger partial charge >= 0.3 is 0 Å². The molecular formula is C22H26O. The number of fused-ring (bicyclic) bond motifs is 1. The molecule has 1 aliphatic carbocycles. The Hall–Kier alpha value is -2.02. The summed E-state index contributed by atoms with van der Waals surface area (Å²) < 4.78 is 0. The van der Waals surface area contributed by atoms with Crippen molar-refractivity contribution in [1.29, 1.82) is 0 Å². The van der Waals surface area contributed by atoms with E-state index in [0.29, 0.717) is 5.75 Å². The van der Waals surface area contributed by atoms with Gasteiger partial charge in [-0.05, 0) is 84.0 Å². The molecule has 0 bridgehead atoms. The van der Waals surface area contributed by atoms with E-state index in [9.17, 15) is 5.11 Å². The van der Waals surface area contributed by atoms with Gasteiger partial charge in [-0.2, -0.15) is 0 Å². The zero-order chi connectivity index (χ0) is 16.6. The highest BCUT2D eigenvalue weighted by molar-refractivity contribution is 5.82. The van der Waals surface area contributed by atoms with Gasteiger partial charge in [0.25, 0.3) is 0 Å². The van der Waals surface area contributed by atoms with Gasteiger partial charge in [0, 0.05) is 0 Å². The van der Waals surface area contributed by atoms with E-state index in [1.165, 1.54) is 47.1 Å². The molecule has 0 heterocycles. The van der Waals surface area contributed by atoms with Crippen molar-refractivity contribution in [2.24, 2.45) is 0 Å². The molecule has 0 atom stereocenters. The molecule has 1 aliphatic rings. The third-order valence-electron chi connectivity index (χ3n) is 5.13. The van der Waals surface area contributed by atoms with E-state index >= 15 is 0 Å². The second kappa shape index (κ2) is 5.88. The van der Waals surface area contributed by atoms with Gasteiger partial charge in [0.1, 0.15) is 5.75 Å². The molecule has 0 unspecified atom stereocenters. The number of allylic oxidation sites excluding steroid dienone is 1. The minimum Gasteiger partial charge on any atom is -0.508 e. The molecule has 1 heteroatoms. The van der Waals surface area contributed by atoms with Gasteiger partial charge in [-0.3, -0.25) is 0 Å². The van der Waals surface area contributed by atoms with Crippen LogP contribution >= 0.6 is 0 Å². The molecule has 0 radical (unpaired) electrons. The molecule has 0 saturated heterocycles. The summed E-state index contributed by atoms with van der Waals surface area (Å²) in [6.07, 6.45) is 5.97. The van der Waals surface area contributed by atoms with Crippen LogP contribution in [0.3, 0.4) is 0 Å². The maximum absolute atomic E-state index is 9.42. The number of aryl methyl sites for hydroxylation is 2. The van der Waals surface area contributed by atoms with Crippen molar-refractivity contribution >= 4 is 11.6 Å². The quantitative estimate of drug-likeness (QED) is 0.687. The second-order valence-corrected chi connectivity index (χ2v) is 7.48. The first-order valence-corrected chi connectivity index (χ1v) is 8.48. The van der Waals surface area contributed by atoms with Crippen LogP contribution in [0.15, 0.2) is 36.4 Å². The van der Waals surface area contributed by atoms with Crippen molar-refractivity contribution in [3.63, 3.8) is 0 Å². The lowest BCUT2D eigenvalue weighted by Gasteiger charge is -2.33. The lowest BCUT2D eigenvalue weighted by Crippen LogP contribution is -2.24. The first-order chi connectivity index (χ1) is 10.9. The third-order valence-corrected chi connectivity index (χ3v) is 5.13. The van der Waals surface area contributed by atoms with Crippen LogP contribution in [0.4, 0.5) is 0 Å². The van der Waals surface area contributed by atoms with Gasteiger partial charge in [0.05, 0.1) is 0 Å². The fourth-order valence-corrected chi connectivity index (χ4v) is 3.78. The van der Waals surface area contributed by atoms with E-state index in [4.69, 9.17) is 0 Å². The normalized spacial score (nSPS) is 17.0. The van der Waals surface area contributed by atoms with E-state index in [1.54, 1.807) is 12.1 Å². The van der Waals surface area contributed by atoms with Crippen LogP contribution in [0.5, 0.6) is 5.75 Å². The highest BCUT2D eigenvalue weighted by Gasteiger charge is 2.28. The molecule has 1 nitrogen and oxygen atoms in total. The standard InChI is InChI=1S/C22H26O/c1-15(12-17-7-9-19(23)10-8-17)20-14-21-18(13-16(20)2)6-5-11-22(21,3)4/h7-10,12-14,23H,5-6,11H2,1-4H3/b15-12+. The molecule has 0 amide bonds. The lowest BCUT2D eigenvalue weighted by atomic mass is 9.71. The molecule has 2 aromatic rings. The highest BCUT2D eigenvalue weighted by atomic mass is 16.3. The summed E-state index contributed by atoms with van der Waals surface area (Å²) in [5.74, 6) is 0.312. The van der Waals surface area contributed by atoms with Gasteiger partial charge < -0.3 is 5.11 Å². The topological polar surface area (TPSA) is 20.2 Å². The first kappa shape index (κ1) is 15.9. The van der Waals surface area contributed by atoms with Crippen molar-refractivity contribution in [1.82, 2.24) is 0 Å². The molecule has 0 aromatic heterocycles. The summed E-state index contributed by atoms with van der Waals surface area (Å²) in [5, 5.41) is 9.42. The monoisotopic (exact) mass is 306 g/mol. The molecule has 0 spiro atoms. The Morgan fingerprint density at radius 3 is 2.52 bits per heavy atom. The number of rotatable bonds is 2. The summed E-state index contributed by atoms with van der Waals surface area (Å²) in [4.78, 5) is 0. The third kappa shape index (κ3) is 3.19. The molecule has 1 N–H and O–H groups in total. The molecule has 2 aromatic carbocycles. The zero-order valence-electron chi connectivity index (χ0n) is 14.6. The number of hydrogen-bond acceptors (Lipinski definition) is 1. The van der Waals surface area contributed by atoms with Crippen LogP contribution in [-0.2, 0) is 11.8 Å². The Balaban J connectivity index is 2.04. The SMILES string of the molecule is C/C(=C\c1ccc(O)cc1)c1cc2c(cc1C)CCCC2(C)C. The van der Waals surface area contributed by atoms with E-state index in [2.05, 4.69) is 45.9 Å². The molecule has 3 rings (SSSR count). The first-order valence-electron chi connectivity index (χ1n) is 8.48. The number of phenolic OH excluding ortho intramolecular Hbond substituents is 1. The number of benzene rings is 2. The molecule has 23 heavy (non-hydrogen) atoms. The van der Waals surface area contributed by atoms with E-state index in [1.807, 2.05) is 12.1 Å². The molecule has 120 valence electrons. The molecule has 0 fully saturated rings. The van der Waals surface area contributed by atoms with E-state index < -0.39 is 0 Å². The Bertz CT molecular complexity index is 748. The van der Waals surface area contributed by atoms with Crippen molar-refractivity contribution in [2.45, 2.75) is 52.4 Å². The molecule has 0 aliphatic heterocycles. The lowest BCUT2D eigenvalue weighted by molar-refractivity contribution is 0.431. The minimum absolute atomic E-state index is 0.273. The minimum atomic E-state index is 0.273. The van der Waals surface area contributed by atoms with Gasteiger partial charge in [-0.1, -0.05) is 44.2 Å². The van der Waals surface area contributed by atoms with Crippen LogP contribution in [0.25, 0.3) is 11.6 Å². The largest absolute Gasteiger partial charge is 0.508 e. The average Bonchev–Trinajstić information content (AvgIpc) is 2.48. The summed E-state index contributed by atoms with van der Waals surface area (Å²) in [6.45, 7) is 9.12. The molecule has 0 saturated carbocycles. The summed E-state index contributed by atoms with van der Waals surface area (Å²) in [5.41, 5.74) is 8.41. The second-order valence-electron chi connectivity index (χ2n) is 7.48. The van der Waals surface area contributed by atoms with Crippen molar-refractivity contribution in [3.05, 3.63) is 64.2 Å². The Morgan fingerprint density at radius 1 is 1.13 bits per heavy atom. The highest BCUT2D eigenvalue weighted by Crippen LogP contribution is 2.39. The van der Waals surface area contributed by atoms with E-state index in [-0.39, 0.29) is 5.41 Å². The summed E-state index contributed by atoms with van der Waals surface area (Å²) in [7, 11) is 0. The van der Waals surface area contributed by atoms with E-state index in [0.717, 1.165) is 5.56 Å². The maximum Gasteiger partial charge on any atom is 0.115 e. The van der Waals surface area contributed by atoms with Crippen LogP contribution in [-0.4, -0.2) is 5.11 Å². The number of hydrogen-bond donors (Lipinski definition) is 1. The fourth-order valence-electron chi connectivity index (χ4n) is 3.78. The van der Waals surface area contributed by atoms with Crippen molar-refractivity contribution in [2.75, 3.05) is 0 Å². The fraction of sp³-hybridized carbons (Fsp3) is 0.364. The average molecular weight is 306 g/mol. The summed E-state index contributed by atoms with van der Waals surface area (Å²) in [6, 6.07) is 12.2. The van der Waals surface area contributed by atoms with Crippen LogP contribution in [0, 0.1) is 6.92 Å². The number of aromatic hydroxyl groups is 1. The maximum atomic E-state index is 9.42. The Labute approximate surface area is 139 Å². The van der Waals surface area contributed by atoms with Crippen molar-refractivity contribution < 1.29 is 5.11 Å². The predicted molar refractivity (Wildman–Crippen MR) is 98.8 cm³/mol. The van der Waals surface area contributed by atoms with Gasteiger partial charge in [-0.15, -0.1) is 0 Å². The smallest absolute Gasteiger partial charge is 0.115 e. The van der Waals surface area contributed by atoms with Gasteiger partial charge in [-0.25, -0.2) is 0 Å². The van der Waals surface area contributed by atoms with Crippen LogP contribution < -0.4 is 0 Å².